The van der Waals surface area contributed by atoms with Crippen LogP contribution in [0.5, 0.6) is 0 Å². The van der Waals surface area contributed by atoms with Gasteiger partial charge in [0.25, 0.3) is 0 Å². The van der Waals surface area contributed by atoms with E-state index in [2.05, 4.69) is 9.97 Å². The van der Waals surface area contributed by atoms with Crippen LogP contribution in [0.25, 0.3) is 17.1 Å². The van der Waals surface area contributed by atoms with E-state index >= 15 is 0 Å². The van der Waals surface area contributed by atoms with Gasteiger partial charge in [-0.1, -0.05) is 18.2 Å². The Morgan fingerprint density at radius 3 is 2.83 bits per heavy atom. The molecule has 4 heteroatoms. The molecule has 2 aromatic rings. The molecule has 0 saturated carbocycles. The molecule has 0 aliphatic carbocycles. The van der Waals surface area contributed by atoms with Crippen molar-refractivity contribution in [3.05, 3.63) is 42.2 Å². The fourth-order valence-corrected chi connectivity index (χ4v) is 1.60. The maximum Gasteiger partial charge on any atom is 0.309 e. The Morgan fingerprint density at radius 1 is 1.28 bits per heavy atom. The molecule has 0 fully saturated rings. The molecule has 0 aliphatic rings. The van der Waals surface area contributed by atoms with Gasteiger partial charge in [-0.15, -0.1) is 0 Å². The standard InChI is InChI=1S/C14H14N2O2/c1-2-18-14(17)5-3-4-11-6-7-12-13(10-11)16-9-8-15-12/h3-4,6-10H,2,5H2,1H3. The molecule has 0 saturated heterocycles. The van der Waals surface area contributed by atoms with Crippen LogP contribution in [0.3, 0.4) is 0 Å². The first-order chi connectivity index (χ1) is 8.79. The Bertz CT molecular complexity index is 579. The maximum absolute atomic E-state index is 11.1. The van der Waals surface area contributed by atoms with Crippen LogP contribution in [0.2, 0.25) is 0 Å². The second kappa shape index (κ2) is 5.91. The number of nitrogens with zero attached hydrogens (tertiary/aromatic N) is 2. The summed E-state index contributed by atoms with van der Waals surface area (Å²) >= 11 is 0. The summed E-state index contributed by atoms with van der Waals surface area (Å²) in [5.41, 5.74) is 2.70. The molecule has 1 aromatic carbocycles. The second-order valence-corrected chi connectivity index (χ2v) is 3.72. The van der Waals surface area contributed by atoms with Crippen molar-refractivity contribution in [3.63, 3.8) is 0 Å². The highest BCUT2D eigenvalue weighted by molar-refractivity contribution is 5.78. The third kappa shape index (κ3) is 3.13. The largest absolute Gasteiger partial charge is 0.466 e. The number of benzene rings is 1. The summed E-state index contributed by atoms with van der Waals surface area (Å²) in [7, 11) is 0. The quantitative estimate of drug-likeness (QED) is 0.773. The van der Waals surface area contributed by atoms with E-state index in [1.165, 1.54) is 0 Å². The second-order valence-electron chi connectivity index (χ2n) is 3.72. The predicted octanol–water partition coefficient (Wildman–Crippen LogP) is 2.60. The van der Waals surface area contributed by atoms with Crippen molar-refractivity contribution >= 4 is 23.1 Å². The molecule has 0 radical (unpaired) electrons. The summed E-state index contributed by atoms with van der Waals surface area (Å²) in [5.74, 6) is -0.214. The molecule has 0 N–H and O–H groups in total. The Hall–Kier alpha value is -2.23. The molecule has 0 unspecified atom stereocenters. The van der Waals surface area contributed by atoms with Gasteiger partial charge in [0, 0.05) is 12.4 Å². The zero-order chi connectivity index (χ0) is 12.8. The summed E-state index contributed by atoms with van der Waals surface area (Å²) in [6.07, 6.45) is 7.28. The highest BCUT2D eigenvalue weighted by atomic mass is 16.5. The van der Waals surface area contributed by atoms with Gasteiger partial charge in [-0.25, -0.2) is 0 Å². The van der Waals surface area contributed by atoms with Crippen molar-refractivity contribution < 1.29 is 9.53 Å². The number of carbonyl (C=O) groups is 1. The number of esters is 1. The number of hydrogen-bond acceptors (Lipinski definition) is 4. The first-order valence-corrected chi connectivity index (χ1v) is 5.82. The average molecular weight is 242 g/mol. The van der Waals surface area contributed by atoms with E-state index in [9.17, 15) is 4.79 Å². The van der Waals surface area contributed by atoms with Crippen molar-refractivity contribution in [2.24, 2.45) is 0 Å². The van der Waals surface area contributed by atoms with E-state index in [-0.39, 0.29) is 12.4 Å². The van der Waals surface area contributed by atoms with Gasteiger partial charge in [-0.2, -0.15) is 0 Å². The molecule has 1 heterocycles. The van der Waals surface area contributed by atoms with Crippen LogP contribution in [-0.4, -0.2) is 22.5 Å². The Morgan fingerprint density at radius 2 is 2.06 bits per heavy atom. The predicted molar refractivity (Wildman–Crippen MR) is 69.8 cm³/mol. The lowest BCUT2D eigenvalue weighted by atomic mass is 10.1. The van der Waals surface area contributed by atoms with Gasteiger partial charge in [-0.05, 0) is 24.6 Å². The van der Waals surface area contributed by atoms with Crippen LogP contribution in [0.15, 0.2) is 36.7 Å². The molecule has 4 nitrogen and oxygen atoms in total. The zero-order valence-corrected chi connectivity index (χ0v) is 10.2. The SMILES string of the molecule is CCOC(=O)CC=Cc1ccc2nccnc2c1. The number of rotatable bonds is 4. The zero-order valence-electron chi connectivity index (χ0n) is 10.2. The number of ether oxygens (including phenoxy) is 1. The molecule has 2 rings (SSSR count). The van der Waals surface area contributed by atoms with Gasteiger partial charge in [0.05, 0.1) is 24.1 Å². The van der Waals surface area contributed by atoms with Crippen LogP contribution in [0, 0.1) is 0 Å². The fraction of sp³-hybridized carbons (Fsp3) is 0.214. The molecular weight excluding hydrogens is 228 g/mol. The molecule has 0 atom stereocenters. The van der Waals surface area contributed by atoms with Crippen molar-refractivity contribution in [1.82, 2.24) is 9.97 Å². The van der Waals surface area contributed by atoms with Crippen LogP contribution >= 0.6 is 0 Å². The monoisotopic (exact) mass is 242 g/mol. The van der Waals surface area contributed by atoms with Gasteiger partial charge in [0.2, 0.25) is 0 Å². The Labute approximate surface area is 105 Å². The van der Waals surface area contributed by atoms with E-state index in [1.807, 2.05) is 24.3 Å². The Balaban J connectivity index is 2.07. The van der Waals surface area contributed by atoms with E-state index in [0.717, 1.165) is 16.6 Å². The minimum Gasteiger partial charge on any atom is -0.466 e. The van der Waals surface area contributed by atoms with Gasteiger partial charge in [0.1, 0.15) is 0 Å². The average Bonchev–Trinajstić information content (AvgIpc) is 2.39. The smallest absolute Gasteiger partial charge is 0.309 e. The third-order valence-electron chi connectivity index (χ3n) is 2.39. The maximum atomic E-state index is 11.1. The van der Waals surface area contributed by atoms with E-state index in [4.69, 9.17) is 4.74 Å². The molecule has 0 aliphatic heterocycles. The fourth-order valence-electron chi connectivity index (χ4n) is 1.60. The lowest BCUT2D eigenvalue weighted by molar-refractivity contribution is -0.142. The van der Waals surface area contributed by atoms with E-state index in [0.29, 0.717) is 6.61 Å². The lowest BCUT2D eigenvalue weighted by Gasteiger charge is -1.98. The van der Waals surface area contributed by atoms with Crippen molar-refractivity contribution in [3.8, 4) is 0 Å². The molecular formula is C14H14N2O2. The van der Waals surface area contributed by atoms with Crippen LogP contribution < -0.4 is 0 Å². The van der Waals surface area contributed by atoms with Crippen molar-refractivity contribution in [2.75, 3.05) is 6.61 Å². The first-order valence-electron chi connectivity index (χ1n) is 5.82. The van der Waals surface area contributed by atoms with Crippen LogP contribution in [0.4, 0.5) is 0 Å². The molecule has 0 spiro atoms. The van der Waals surface area contributed by atoms with Crippen molar-refractivity contribution in [1.29, 1.82) is 0 Å². The lowest BCUT2D eigenvalue weighted by Crippen LogP contribution is -2.01. The summed E-state index contributed by atoms with van der Waals surface area (Å²) in [4.78, 5) is 19.6. The van der Waals surface area contributed by atoms with Gasteiger partial charge < -0.3 is 4.74 Å². The highest BCUT2D eigenvalue weighted by Gasteiger charge is 1.98. The number of carbonyl (C=O) groups excluding carboxylic acids is 1. The number of aromatic nitrogens is 2. The number of fused-ring (bicyclic) bond motifs is 1. The Kier molecular flexibility index (Phi) is 4.02. The first kappa shape index (κ1) is 12.2. The molecule has 92 valence electrons. The van der Waals surface area contributed by atoms with Gasteiger partial charge >= 0.3 is 5.97 Å². The molecule has 0 bridgehead atoms. The summed E-state index contributed by atoms with van der Waals surface area (Å²) < 4.78 is 4.84. The highest BCUT2D eigenvalue weighted by Crippen LogP contribution is 2.12. The minimum absolute atomic E-state index is 0.214. The number of hydrogen-bond donors (Lipinski definition) is 0. The van der Waals surface area contributed by atoms with E-state index < -0.39 is 0 Å². The molecule has 18 heavy (non-hydrogen) atoms. The van der Waals surface area contributed by atoms with Gasteiger partial charge in [-0.3, -0.25) is 14.8 Å². The summed E-state index contributed by atoms with van der Waals surface area (Å²) in [6.45, 7) is 2.21. The van der Waals surface area contributed by atoms with Crippen LogP contribution in [0.1, 0.15) is 18.9 Å². The normalized spacial score (nSPS) is 10.9. The summed E-state index contributed by atoms with van der Waals surface area (Å²) in [6, 6.07) is 5.79. The van der Waals surface area contributed by atoms with Gasteiger partial charge in [0.15, 0.2) is 0 Å². The minimum atomic E-state index is -0.214. The van der Waals surface area contributed by atoms with Crippen LogP contribution in [-0.2, 0) is 9.53 Å². The summed E-state index contributed by atoms with van der Waals surface area (Å²) in [5, 5.41) is 0. The topological polar surface area (TPSA) is 52.1 Å². The molecule has 0 amide bonds. The van der Waals surface area contributed by atoms with Crippen molar-refractivity contribution in [2.45, 2.75) is 13.3 Å². The third-order valence-corrected chi connectivity index (χ3v) is 2.39. The molecule has 1 aromatic heterocycles. The van der Waals surface area contributed by atoms with E-state index in [1.54, 1.807) is 25.4 Å².